The van der Waals surface area contributed by atoms with E-state index in [-0.39, 0.29) is 29.4 Å². The number of morpholine rings is 1. The summed E-state index contributed by atoms with van der Waals surface area (Å²) in [4.78, 5) is 21.0. The van der Waals surface area contributed by atoms with Crippen molar-refractivity contribution in [2.24, 2.45) is 5.92 Å². The third-order valence-electron chi connectivity index (χ3n) is 5.48. The molecule has 2 aliphatic heterocycles. The van der Waals surface area contributed by atoms with E-state index in [1.54, 1.807) is 11.3 Å². The topological polar surface area (TPSA) is 88.6 Å². The molecule has 144 valence electrons. The Morgan fingerprint density at radius 1 is 1.19 bits per heavy atom. The number of nitrogens with zero attached hydrogens (tertiary/aromatic N) is 2. The van der Waals surface area contributed by atoms with Gasteiger partial charge in [-0.05, 0) is 25.7 Å². The van der Waals surface area contributed by atoms with Crippen molar-refractivity contribution in [2.45, 2.75) is 38.1 Å². The highest BCUT2D eigenvalue weighted by Gasteiger charge is 2.31. The number of hydrogen-bond acceptors (Lipinski definition) is 7. The van der Waals surface area contributed by atoms with Gasteiger partial charge in [-0.3, -0.25) is 4.79 Å². The van der Waals surface area contributed by atoms with Crippen molar-refractivity contribution in [1.82, 2.24) is 10.3 Å². The second-order valence-electron chi connectivity index (χ2n) is 7.34. The summed E-state index contributed by atoms with van der Waals surface area (Å²) in [6.07, 6.45) is 3.49. The molecule has 1 aliphatic carbocycles. The van der Waals surface area contributed by atoms with Crippen LogP contribution in [0.25, 0.3) is 0 Å². The van der Waals surface area contributed by atoms with Crippen molar-refractivity contribution in [3.05, 3.63) is 10.6 Å². The van der Waals surface area contributed by atoms with Crippen LogP contribution in [0.4, 0.5) is 5.13 Å². The van der Waals surface area contributed by atoms with Crippen LogP contribution in [0.3, 0.4) is 0 Å². The number of ether oxygens (including phenoxy) is 1. The lowest BCUT2D eigenvalue weighted by Crippen LogP contribution is -2.44. The molecule has 2 saturated heterocycles. The number of nitrogens with one attached hydrogen (secondary N) is 1. The highest BCUT2D eigenvalue weighted by molar-refractivity contribution is 7.91. The summed E-state index contributed by atoms with van der Waals surface area (Å²) >= 11 is 1.75. The minimum atomic E-state index is -2.90. The van der Waals surface area contributed by atoms with Gasteiger partial charge in [0, 0.05) is 36.3 Å². The minimum absolute atomic E-state index is 0.00762. The highest BCUT2D eigenvalue weighted by atomic mass is 32.2. The lowest BCUT2D eigenvalue weighted by atomic mass is 9.90. The Hall–Kier alpha value is -1.19. The van der Waals surface area contributed by atoms with Crippen LogP contribution >= 0.6 is 11.3 Å². The molecule has 1 amide bonds. The number of carbonyl (C=O) groups excluding carboxylic acids is 1. The average molecular weight is 400 g/mol. The maximum absolute atomic E-state index is 12.6. The highest BCUT2D eigenvalue weighted by Crippen LogP contribution is 2.34. The Bertz CT molecular complexity index is 757. The Labute approximate surface area is 158 Å². The molecule has 1 unspecified atom stereocenters. The van der Waals surface area contributed by atoms with Crippen LogP contribution in [0.5, 0.6) is 0 Å². The van der Waals surface area contributed by atoms with E-state index >= 15 is 0 Å². The number of aromatic nitrogens is 1. The Morgan fingerprint density at radius 2 is 1.92 bits per heavy atom. The third-order valence-corrected chi connectivity index (χ3v) is 8.41. The second-order valence-corrected chi connectivity index (χ2v) is 10.7. The summed E-state index contributed by atoms with van der Waals surface area (Å²) in [5.41, 5.74) is 1.06. The molecule has 0 bridgehead atoms. The summed E-state index contributed by atoms with van der Waals surface area (Å²) in [5, 5.41) is 4.13. The van der Waals surface area contributed by atoms with E-state index in [4.69, 9.17) is 9.72 Å². The Kier molecular flexibility index (Phi) is 5.20. The van der Waals surface area contributed by atoms with Crippen molar-refractivity contribution in [3.8, 4) is 0 Å². The van der Waals surface area contributed by atoms with Crippen LogP contribution in [0, 0.1) is 5.92 Å². The second kappa shape index (κ2) is 7.44. The predicted molar refractivity (Wildman–Crippen MR) is 100 cm³/mol. The number of aryl methyl sites for hydroxylation is 1. The quantitative estimate of drug-likeness (QED) is 0.808. The van der Waals surface area contributed by atoms with E-state index in [1.807, 2.05) is 0 Å². The largest absolute Gasteiger partial charge is 0.378 e. The predicted octanol–water partition coefficient (Wildman–Crippen LogP) is 0.778. The van der Waals surface area contributed by atoms with Gasteiger partial charge in [-0.15, -0.1) is 11.3 Å². The number of sulfone groups is 1. The number of amides is 1. The first-order valence-electron chi connectivity index (χ1n) is 9.32. The fourth-order valence-electron chi connectivity index (χ4n) is 3.83. The lowest BCUT2D eigenvalue weighted by Gasteiger charge is -2.27. The molecule has 0 saturated carbocycles. The van der Waals surface area contributed by atoms with Crippen molar-refractivity contribution >= 4 is 32.2 Å². The maximum atomic E-state index is 12.6. The summed E-state index contributed by atoms with van der Waals surface area (Å²) < 4.78 is 28.4. The first-order valence-corrected chi connectivity index (χ1v) is 12.0. The van der Waals surface area contributed by atoms with Crippen molar-refractivity contribution in [2.75, 3.05) is 42.7 Å². The molecule has 7 nitrogen and oxygen atoms in total. The molecular weight excluding hydrogens is 374 g/mol. The fraction of sp³-hybridized carbons (Fsp3) is 0.765. The van der Waals surface area contributed by atoms with E-state index in [9.17, 15) is 13.2 Å². The average Bonchev–Trinajstić information content (AvgIpc) is 3.07. The standard InChI is InChI=1S/C17H25N3O4S2/c21-16(18-13-3-9-26(22,23)10-4-13)12-1-2-15-14(11-12)19-17(25-15)20-5-7-24-8-6-20/h12-13H,1-11H2,(H,18,21). The van der Waals surface area contributed by atoms with Crippen LogP contribution in [0.2, 0.25) is 0 Å². The van der Waals surface area contributed by atoms with Gasteiger partial charge < -0.3 is 15.0 Å². The summed E-state index contributed by atoms with van der Waals surface area (Å²) in [7, 11) is -2.90. The lowest BCUT2D eigenvalue weighted by molar-refractivity contribution is -0.126. The number of thiazole rings is 1. The van der Waals surface area contributed by atoms with Gasteiger partial charge in [0.15, 0.2) is 5.13 Å². The third kappa shape index (κ3) is 4.04. The molecule has 0 radical (unpaired) electrons. The van der Waals surface area contributed by atoms with E-state index in [0.717, 1.165) is 50.0 Å². The first kappa shape index (κ1) is 18.2. The van der Waals surface area contributed by atoms with Gasteiger partial charge >= 0.3 is 0 Å². The van der Waals surface area contributed by atoms with Crippen LogP contribution in [0.1, 0.15) is 29.8 Å². The number of hydrogen-bond donors (Lipinski definition) is 1. The molecule has 1 N–H and O–H groups in total. The molecule has 2 fully saturated rings. The SMILES string of the molecule is O=C(NC1CCS(=O)(=O)CC1)C1CCc2sc(N3CCOCC3)nc2C1. The van der Waals surface area contributed by atoms with Crippen LogP contribution < -0.4 is 10.2 Å². The molecule has 0 spiro atoms. The smallest absolute Gasteiger partial charge is 0.223 e. The van der Waals surface area contributed by atoms with Gasteiger partial charge in [-0.2, -0.15) is 0 Å². The van der Waals surface area contributed by atoms with Crippen molar-refractivity contribution in [1.29, 1.82) is 0 Å². The zero-order chi connectivity index (χ0) is 18.1. The molecule has 9 heteroatoms. The molecule has 3 aliphatic rings. The zero-order valence-corrected chi connectivity index (χ0v) is 16.4. The monoisotopic (exact) mass is 399 g/mol. The van der Waals surface area contributed by atoms with Gasteiger partial charge in [-0.25, -0.2) is 13.4 Å². The number of rotatable bonds is 3. The summed E-state index contributed by atoms with van der Waals surface area (Å²) in [6, 6.07) is -0.00762. The van der Waals surface area contributed by atoms with Crippen LogP contribution in [-0.2, 0) is 32.2 Å². The van der Waals surface area contributed by atoms with Crippen molar-refractivity contribution in [3.63, 3.8) is 0 Å². The van der Waals surface area contributed by atoms with Gasteiger partial charge in [0.05, 0.1) is 30.4 Å². The van der Waals surface area contributed by atoms with E-state index in [0.29, 0.717) is 19.3 Å². The van der Waals surface area contributed by atoms with Gasteiger partial charge in [0.2, 0.25) is 5.91 Å². The van der Waals surface area contributed by atoms with Crippen molar-refractivity contribution < 1.29 is 17.9 Å². The van der Waals surface area contributed by atoms with Crippen LogP contribution in [-0.4, -0.2) is 63.2 Å². The fourth-order valence-corrected chi connectivity index (χ4v) is 6.48. The van der Waals surface area contributed by atoms with E-state index in [1.165, 1.54) is 4.88 Å². The molecule has 1 aromatic heterocycles. The summed E-state index contributed by atoms with van der Waals surface area (Å²) in [6.45, 7) is 3.24. The maximum Gasteiger partial charge on any atom is 0.223 e. The first-order chi connectivity index (χ1) is 12.5. The van der Waals surface area contributed by atoms with E-state index < -0.39 is 9.84 Å². The molecule has 26 heavy (non-hydrogen) atoms. The number of carbonyl (C=O) groups is 1. The molecule has 4 rings (SSSR count). The molecule has 1 atom stereocenters. The van der Waals surface area contributed by atoms with Gasteiger partial charge in [0.1, 0.15) is 9.84 Å². The minimum Gasteiger partial charge on any atom is -0.378 e. The molecular formula is C17H25N3O4S2. The Morgan fingerprint density at radius 3 is 2.65 bits per heavy atom. The number of anilines is 1. The summed E-state index contributed by atoms with van der Waals surface area (Å²) in [5.74, 6) is 0.366. The van der Waals surface area contributed by atoms with Gasteiger partial charge in [0.25, 0.3) is 0 Å². The normalized spacial score (nSPS) is 26.3. The molecule has 1 aromatic rings. The zero-order valence-electron chi connectivity index (χ0n) is 14.8. The van der Waals surface area contributed by atoms with Gasteiger partial charge in [-0.1, -0.05) is 0 Å². The van der Waals surface area contributed by atoms with Crippen LogP contribution in [0.15, 0.2) is 0 Å². The molecule has 0 aromatic carbocycles. The van der Waals surface area contributed by atoms with E-state index in [2.05, 4.69) is 10.2 Å². The Balaban J connectivity index is 1.35. The molecule has 3 heterocycles. The number of fused-ring (bicyclic) bond motifs is 1.